The summed E-state index contributed by atoms with van der Waals surface area (Å²) in [6.07, 6.45) is 3.94. The van der Waals surface area contributed by atoms with Crippen molar-refractivity contribution < 1.29 is 0 Å². The standard InChI is InChI=1S/C8H10.C6H10.2C2H6.CH4/c1-2-8-6-4-3-5-7-8;1-5(2)6-3-4-6;2*1-2;/h3-7H,2H2,1H3;6H,1,3-4H2,2H3;2*1-2H3;1H4. The minimum atomic E-state index is 0. The molecule has 1 aromatic carbocycles. The van der Waals surface area contributed by atoms with Crippen molar-refractivity contribution in [3.8, 4) is 0 Å². The lowest BCUT2D eigenvalue weighted by molar-refractivity contribution is 1.02. The maximum absolute atomic E-state index is 3.82. The van der Waals surface area contributed by atoms with Gasteiger partial charge in [-0.05, 0) is 37.7 Å². The second-order valence-electron chi connectivity index (χ2n) is 3.96. The van der Waals surface area contributed by atoms with Gasteiger partial charge in [0.15, 0.2) is 0 Å². The second kappa shape index (κ2) is 17.0. The van der Waals surface area contributed by atoms with Crippen LogP contribution < -0.4 is 0 Å². The van der Waals surface area contributed by atoms with E-state index in [1.807, 2.05) is 33.8 Å². The zero-order valence-electron chi connectivity index (χ0n) is 13.3. The number of hydrogen-bond donors (Lipinski definition) is 0. The van der Waals surface area contributed by atoms with Crippen LogP contribution >= 0.6 is 0 Å². The van der Waals surface area contributed by atoms with E-state index >= 15 is 0 Å². The Balaban J connectivity index is -0.000000209. The molecule has 0 atom stereocenters. The summed E-state index contributed by atoms with van der Waals surface area (Å²) in [5.74, 6) is 0.907. The van der Waals surface area contributed by atoms with E-state index in [0.29, 0.717) is 0 Å². The fourth-order valence-corrected chi connectivity index (χ4v) is 1.29. The summed E-state index contributed by atoms with van der Waals surface area (Å²) < 4.78 is 0. The van der Waals surface area contributed by atoms with E-state index in [0.717, 1.165) is 12.3 Å². The highest BCUT2D eigenvalue weighted by Crippen LogP contribution is 2.34. The number of aryl methyl sites for hydroxylation is 1. The summed E-state index contributed by atoms with van der Waals surface area (Å²) in [5, 5.41) is 0. The highest BCUT2D eigenvalue weighted by Gasteiger charge is 2.20. The summed E-state index contributed by atoms with van der Waals surface area (Å²) in [4.78, 5) is 0. The molecule has 2 rings (SSSR count). The molecule has 0 unspecified atom stereocenters. The van der Waals surface area contributed by atoms with Gasteiger partial charge in [0.1, 0.15) is 0 Å². The van der Waals surface area contributed by atoms with Gasteiger partial charge in [-0.2, -0.15) is 0 Å². The molecule has 0 nitrogen and oxygen atoms in total. The molecular formula is C19H36. The van der Waals surface area contributed by atoms with Gasteiger partial charge in [-0.1, -0.05) is 84.5 Å². The van der Waals surface area contributed by atoms with E-state index in [4.69, 9.17) is 0 Å². The van der Waals surface area contributed by atoms with Gasteiger partial charge < -0.3 is 0 Å². The average Bonchev–Trinajstić information content (AvgIpc) is 3.29. The highest BCUT2D eigenvalue weighted by molar-refractivity contribution is 5.13. The van der Waals surface area contributed by atoms with Crippen LogP contribution in [0.3, 0.4) is 0 Å². The van der Waals surface area contributed by atoms with E-state index in [9.17, 15) is 0 Å². The monoisotopic (exact) mass is 264 g/mol. The minimum absolute atomic E-state index is 0. The first-order valence-electron chi connectivity index (χ1n) is 7.43. The molecule has 1 aliphatic rings. The first-order chi connectivity index (χ1) is 8.74. The molecule has 0 aliphatic heterocycles. The molecule has 0 heterocycles. The van der Waals surface area contributed by atoms with Gasteiger partial charge in [0, 0.05) is 0 Å². The Hall–Kier alpha value is -1.04. The van der Waals surface area contributed by atoms with Crippen molar-refractivity contribution >= 4 is 0 Å². The average molecular weight is 264 g/mol. The Bertz CT molecular complexity index is 267. The normalized spacial score (nSPS) is 11.1. The third-order valence-corrected chi connectivity index (χ3v) is 2.53. The van der Waals surface area contributed by atoms with Gasteiger partial charge in [0.05, 0.1) is 0 Å². The third-order valence-electron chi connectivity index (χ3n) is 2.53. The van der Waals surface area contributed by atoms with Gasteiger partial charge >= 0.3 is 0 Å². The van der Waals surface area contributed by atoms with E-state index in [1.165, 1.54) is 24.0 Å². The molecule has 0 heteroatoms. The predicted molar refractivity (Wildman–Crippen MR) is 92.8 cm³/mol. The smallest absolute Gasteiger partial charge is 0.0208 e. The van der Waals surface area contributed by atoms with E-state index in [2.05, 4.69) is 44.7 Å². The maximum atomic E-state index is 3.82. The number of allylic oxidation sites excluding steroid dienone is 1. The van der Waals surface area contributed by atoms with Crippen LogP contribution in [0.25, 0.3) is 0 Å². The van der Waals surface area contributed by atoms with Crippen LogP contribution in [0.15, 0.2) is 42.5 Å². The van der Waals surface area contributed by atoms with Crippen molar-refractivity contribution in [2.75, 3.05) is 0 Å². The molecule has 0 bridgehead atoms. The Labute approximate surface area is 123 Å². The molecule has 1 aromatic rings. The number of hydrogen-bond acceptors (Lipinski definition) is 0. The van der Waals surface area contributed by atoms with Crippen LogP contribution in [0.5, 0.6) is 0 Å². The second-order valence-corrected chi connectivity index (χ2v) is 3.96. The zero-order valence-corrected chi connectivity index (χ0v) is 13.3. The van der Waals surface area contributed by atoms with Crippen LogP contribution in [-0.2, 0) is 6.42 Å². The molecule has 112 valence electrons. The van der Waals surface area contributed by atoms with Gasteiger partial charge in [-0.3, -0.25) is 0 Å². The van der Waals surface area contributed by atoms with Crippen LogP contribution in [-0.4, -0.2) is 0 Å². The first-order valence-corrected chi connectivity index (χ1v) is 7.43. The Morgan fingerprint density at radius 3 is 1.63 bits per heavy atom. The summed E-state index contributed by atoms with van der Waals surface area (Å²) in [7, 11) is 0. The van der Waals surface area contributed by atoms with Gasteiger partial charge in [0.25, 0.3) is 0 Å². The summed E-state index contributed by atoms with van der Waals surface area (Å²) >= 11 is 0. The summed E-state index contributed by atoms with van der Waals surface area (Å²) in [5.41, 5.74) is 2.78. The Kier molecular flexibility index (Phi) is 20.6. The van der Waals surface area contributed by atoms with Crippen LogP contribution in [0.2, 0.25) is 0 Å². The molecule has 0 N–H and O–H groups in total. The Morgan fingerprint density at radius 2 is 1.47 bits per heavy atom. The van der Waals surface area contributed by atoms with Crippen molar-refractivity contribution in [2.24, 2.45) is 5.92 Å². The van der Waals surface area contributed by atoms with Gasteiger partial charge in [-0.25, -0.2) is 0 Å². The minimum Gasteiger partial charge on any atom is -0.0999 e. The molecule has 0 radical (unpaired) electrons. The van der Waals surface area contributed by atoms with Crippen LogP contribution in [0.1, 0.15) is 67.4 Å². The predicted octanol–water partition coefficient (Wildman–Crippen LogP) is 6.91. The van der Waals surface area contributed by atoms with Gasteiger partial charge in [0.2, 0.25) is 0 Å². The van der Waals surface area contributed by atoms with Crippen molar-refractivity contribution in [1.29, 1.82) is 0 Å². The fourth-order valence-electron chi connectivity index (χ4n) is 1.29. The molecule has 1 saturated carbocycles. The molecular weight excluding hydrogens is 228 g/mol. The van der Waals surface area contributed by atoms with Crippen LogP contribution in [0.4, 0.5) is 0 Å². The zero-order chi connectivity index (χ0) is 14.4. The third kappa shape index (κ3) is 14.9. The number of rotatable bonds is 2. The fraction of sp³-hybridized carbons (Fsp3) is 0.579. The molecule has 1 fully saturated rings. The Morgan fingerprint density at radius 1 is 1.05 bits per heavy atom. The molecule has 19 heavy (non-hydrogen) atoms. The largest absolute Gasteiger partial charge is 0.0999 e. The maximum Gasteiger partial charge on any atom is -0.0208 e. The summed E-state index contributed by atoms with van der Waals surface area (Å²) in [6.45, 7) is 16.1. The van der Waals surface area contributed by atoms with Crippen molar-refractivity contribution in [1.82, 2.24) is 0 Å². The summed E-state index contributed by atoms with van der Waals surface area (Å²) in [6, 6.07) is 10.5. The lowest BCUT2D eigenvalue weighted by atomic mass is 10.2. The van der Waals surface area contributed by atoms with E-state index in [-0.39, 0.29) is 7.43 Å². The lowest BCUT2D eigenvalue weighted by Gasteiger charge is -1.89. The molecule has 0 saturated heterocycles. The van der Waals surface area contributed by atoms with E-state index in [1.54, 1.807) is 0 Å². The topological polar surface area (TPSA) is 0 Å². The quantitative estimate of drug-likeness (QED) is 0.509. The van der Waals surface area contributed by atoms with Crippen LogP contribution in [0, 0.1) is 5.92 Å². The van der Waals surface area contributed by atoms with E-state index < -0.39 is 0 Å². The number of benzene rings is 1. The molecule has 1 aliphatic carbocycles. The lowest BCUT2D eigenvalue weighted by Crippen LogP contribution is -1.73. The first kappa shape index (κ1) is 23.1. The SMILES string of the molecule is C.C=C(C)C1CC1.CC.CC.CCc1ccccc1. The van der Waals surface area contributed by atoms with Crippen molar-refractivity contribution in [3.05, 3.63) is 48.0 Å². The van der Waals surface area contributed by atoms with Crippen molar-refractivity contribution in [2.45, 2.75) is 68.2 Å². The van der Waals surface area contributed by atoms with Crippen molar-refractivity contribution in [3.63, 3.8) is 0 Å². The molecule has 0 amide bonds. The highest BCUT2D eigenvalue weighted by atomic mass is 14.3. The molecule has 0 aromatic heterocycles. The van der Waals surface area contributed by atoms with Gasteiger partial charge in [-0.15, -0.1) is 0 Å². The molecule has 0 spiro atoms.